The zero-order valence-corrected chi connectivity index (χ0v) is 11.5. The van der Waals surface area contributed by atoms with Gasteiger partial charge in [0.05, 0.1) is 5.69 Å². The molecule has 0 spiro atoms. The van der Waals surface area contributed by atoms with Crippen LogP contribution in [0, 0.1) is 0 Å². The van der Waals surface area contributed by atoms with Gasteiger partial charge in [-0.15, -0.1) is 0 Å². The highest BCUT2D eigenvalue weighted by atomic mass is 16.6. The Labute approximate surface area is 117 Å². The van der Waals surface area contributed by atoms with Gasteiger partial charge >= 0.3 is 0 Å². The van der Waals surface area contributed by atoms with Gasteiger partial charge in [-0.1, -0.05) is 6.92 Å². The highest BCUT2D eigenvalue weighted by Crippen LogP contribution is 2.34. The first-order chi connectivity index (χ1) is 9.86. The van der Waals surface area contributed by atoms with Gasteiger partial charge < -0.3 is 19.2 Å². The van der Waals surface area contributed by atoms with E-state index in [0.29, 0.717) is 19.1 Å². The fraction of sp³-hybridized carbons (Fsp3) is 0.400. The van der Waals surface area contributed by atoms with Gasteiger partial charge in [0.25, 0.3) is 0 Å². The second-order valence-corrected chi connectivity index (χ2v) is 4.68. The molecule has 0 unspecified atom stereocenters. The third kappa shape index (κ3) is 2.77. The number of rotatable bonds is 5. The van der Waals surface area contributed by atoms with E-state index in [1.54, 1.807) is 6.26 Å². The number of fused-ring (bicyclic) bond motifs is 1. The van der Waals surface area contributed by atoms with Crippen molar-refractivity contribution in [2.24, 2.45) is 0 Å². The molecule has 0 radical (unpaired) electrons. The number of benzene rings is 1. The van der Waals surface area contributed by atoms with Crippen LogP contribution in [0.2, 0.25) is 0 Å². The van der Waals surface area contributed by atoms with Crippen molar-refractivity contribution in [1.82, 2.24) is 10.3 Å². The van der Waals surface area contributed by atoms with E-state index in [4.69, 9.17) is 13.9 Å². The predicted molar refractivity (Wildman–Crippen MR) is 74.9 cm³/mol. The Morgan fingerprint density at radius 1 is 1.20 bits per heavy atom. The predicted octanol–water partition coefficient (Wildman–Crippen LogP) is 2.61. The number of nitrogens with one attached hydrogen (secondary N) is 1. The monoisotopic (exact) mass is 274 g/mol. The fourth-order valence-corrected chi connectivity index (χ4v) is 2.09. The number of oxazole rings is 1. The molecule has 5 heteroatoms. The van der Waals surface area contributed by atoms with Crippen LogP contribution in [-0.4, -0.2) is 24.7 Å². The Morgan fingerprint density at radius 3 is 2.90 bits per heavy atom. The van der Waals surface area contributed by atoms with Crippen molar-refractivity contribution in [3.8, 4) is 23.0 Å². The van der Waals surface area contributed by atoms with Gasteiger partial charge in [-0.25, -0.2) is 4.98 Å². The normalized spacial score (nSPS) is 13.4. The number of nitrogens with zero attached hydrogens (tertiary/aromatic N) is 1. The molecular weight excluding hydrogens is 256 g/mol. The molecule has 5 nitrogen and oxygen atoms in total. The van der Waals surface area contributed by atoms with E-state index in [2.05, 4.69) is 17.2 Å². The van der Waals surface area contributed by atoms with Crippen molar-refractivity contribution in [3.63, 3.8) is 0 Å². The van der Waals surface area contributed by atoms with Crippen molar-refractivity contribution in [2.45, 2.75) is 19.9 Å². The molecular formula is C15H18N2O3. The topological polar surface area (TPSA) is 56.5 Å². The maximum absolute atomic E-state index is 5.57. The van der Waals surface area contributed by atoms with E-state index in [1.807, 2.05) is 18.2 Å². The van der Waals surface area contributed by atoms with Crippen LogP contribution in [0.15, 0.2) is 28.9 Å². The standard InChI is InChI=1S/C15H18N2O3/c1-2-5-16-9-12-10-20-15(17-12)11-3-4-13-14(8-11)19-7-6-18-13/h3-4,8,10,16H,2,5-7,9H2,1H3. The van der Waals surface area contributed by atoms with Gasteiger partial charge in [0.2, 0.25) is 5.89 Å². The summed E-state index contributed by atoms with van der Waals surface area (Å²) in [6.45, 7) is 5.01. The maximum atomic E-state index is 5.57. The lowest BCUT2D eigenvalue weighted by Crippen LogP contribution is -2.15. The maximum Gasteiger partial charge on any atom is 0.226 e. The van der Waals surface area contributed by atoms with Crippen LogP contribution in [0.5, 0.6) is 11.5 Å². The number of aromatic nitrogens is 1. The van der Waals surface area contributed by atoms with Crippen molar-refractivity contribution in [2.75, 3.05) is 19.8 Å². The summed E-state index contributed by atoms with van der Waals surface area (Å²) >= 11 is 0. The number of hydrogen-bond donors (Lipinski definition) is 1. The van der Waals surface area contributed by atoms with E-state index in [1.165, 1.54) is 0 Å². The quantitative estimate of drug-likeness (QED) is 0.849. The van der Waals surface area contributed by atoms with Gasteiger partial charge in [0.1, 0.15) is 19.5 Å². The van der Waals surface area contributed by atoms with E-state index in [9.17, 15) is 0 Å². The molecule has 0 aliphatic carbocycles. The Bertz CT molecular complexity index is 580. The summed E-state index contributed by atoms with van der Waals surface area (Å²) in [4.78, 5) is 4.48. The van der Waals surface area contributed by atoms with Crippen LogP contribution >= 0.6 is 0 Å². The zero-order chi connectivity index (χ0) is 13.8. The van der Waals surface area contributed by atoms with Gasteiger partial charge in [0.15, 0.2) is 11.5 Å². The molecule has 0 bridgehead atoms. The zero-order valence-electron chi connectivity index (χ0n) is 11.5. The van der Waals surface area contributed by atoms with Crippen LogP contribution in [0.3, 0.4) is 0 Å². The Hall–Kier alpha value is -2.01. The lowest BCUT2D eigenvalue weighted by atomic mass is 10.2. The Balaban J connectivity index is 1.75. The van der Waals surface area contributed by atoms with Gasteiger partial charge in [0, 0.05) is 12.1 Å². The lowest BCUT2D eigenvalue weighted by molar-refractivity contribution is 0.171. The molecule has 1 aliphatic rings. The SMILES string of the molecule is CCCNCc1coc(-c2ccc3c(c2)OCCO3)n1. The smallest absolute Gasteiger partial charge is 0.226 e. The molecule has 1 aliphatic heterocycles. The molecule has 1 aromatic carbocycles. The molecule has 106 valence electrons. The van der Waals surface area contributed by atoms with Crippen LogP contribution < -0.4 is 14.8 Å². The minimum atomic E-state index is 0.578. The van der Waals surface area contributed by atoms with Gasteiger partial charge in [-0.3, -0.25) is 0 Å². The molecule has 3 rings (SSSR count). The summed E-state index contributed by atoms with van der Waals surface area (Å²) in [7, 11) is 0. The second-order valence-electron chi connectivity index (χ2n) is 4.68. The molecule has 0 saturated carbocycles. The molecule has 0 amide bonds. The van der Waals surface area contributed by atoms with E-state index < -0.39 is 0 Å². The summed E-state index contributed by atoms with van der Waals surface area (Å²) in [5, 5.41) is 3.30. The summed E-state index contributed by atoms with van der Waals surface area (Å²) in [5.41, 5.74) is 1.80. The third-order valence-electron chi connectivity index (χ3n) is 3.07. The number of hydrogen-bond acceptors (Lipinski definition) is 5. The minimum absolute atomic E-state index is 0.578. The summed E-state index contributed by atoms with van der Waals surface area (Å²) < 4.78 is 16.6. The average molecular weight is 274 g/mol. The van der Waals surface area contributed by atoms with E-state index >= 15 is 0 Å². The van der Waals surface area contributed by atoms with Crippen LogP contribution in [0.4, 0.5) is 0 Å². The van der Waals surface area contributed by atoms with Crippen molar-refractivity contribution in [1.29, 1.82) is 0 Å². The summed E-state index contributed by atoms with van der Waals surface area (Å²) in [6, 6.07) is 5.73. The Kier molecular flexibility index (Phi) is 3.87. The molecule has 1 N–H and O–H groups in total. The first-order valence-electron chi connectivity index (χ1n) is 6.92. The lowest BCUT2D eigenvalue weighted by Gasteiger charge is -2.18. The Morgan fingerprint density at radius 2 is 2.05 bits per heavy atom. The van der Waals surface area contributed by atoms with Crippen LogP contribution in [0.1, 0.15) is 19.0 Å². The largest absolute Gasteiger partial charge is 0.486 e. The first-order valence-corrected chi connectivity index (χ1v) is 6.92. The van der Waals surface area contributed by atoms with Gasteiger partial charge in [-0.05, 0) is 31.2 Å². The highest BCUT2D eigenvalue weighted by molar-refractivity contribution is 5.60. The molecule has 0 saturated heterocycles. The average Bonchev–Trinajstić information content (AvgIpc) is 2.96. The molecule has 0 atom stereocenters. The summed E-state index contributed by atoms with van der Waals surface area (Å²) in [6.07, 6.45) is 2.79. The van der Waals surface area contributed by atoms with Crippen LogP contribution in [-0.2, 0) is 6.54 Å². The summed E-state index contributed by atoms with van der Waals surface area (Å²) in [5.74, 6) is 2.13. The van der Waals surface area contributed by atoms with Crippen molar-refractivity contribution >= 4 is 0 Å². The molecule has 0 fully saturated rings. The number of ether oxygens (including phenoxy) is 2. The highest BCUT2D eigenvalue weighted by Gasteiger charge is 2.14. The fourth-order valence-electron chi connectivity index (χ4n) is 2.09. The van der Waals surface area contributed by atoms with E-state index in [0.717, 1.165) is 42.3 Å². The van der Waals surface area contributed by atoms with Crippen molar-refractivity contribution in [3.05, 3.63) is 30.2 Å². The van der Waals surface area contributed by atoms with Crippen molar-refractivity contribution < 1.29 is 13.9 Å². The van der Waals surface area contributed by atoms with Gasteiger partial charge in [-0.2, -0.15) is 0 Å². The molecule has 20 heavy (non-hydrogen) atoms. The second kappa shape index (κ2) is 5.96. The van der Waals surface area contributed by atoms with Crippen LogP contribution in [0.25, 0.3) is 11.5 Å². The van der Waals surface area contributed by atoms with E-state index in [-0.39, 0.29) is 0 Å². The minimum Gasteiger partial charge on any atom is -0.486 e. The molecule has 2 heterocycles. The molecule has 1 aromatic heterocycles. The molecule has 2 aromatic rings. The first kappa shape index (κ1) is 13.0. The third-order valence-corrected chi connectivity index (χ3v) is 3.07.